The van der Waals surface area contributed by atoms with E-state index in [9.17, 15) is 24.3 Å². The molecule has 5 saturated carbocycles. The number of ketones is 1. The second-order valence-electron chi connectivity index (χ2n) is 19.8. The lowest BCUT2D eigenvalue weighted by Gasteiger charge is -2.72. The molecule has 7 heteroatoms. The Morgan fingerprint density at radius 2 is 1.53 bits per heavy atom. The lowest BCUT2D eigenvalue weighted by Crippen LogP contribution is -2.66. The fraction of sp³-hybridized carbons (Fsp3) is 0.857. The monoisotopic (exact) mass is 679 g/mol. The third-order valence-electron chi connectivity index (χ3n) is 16.2. The molecule has 0 radical (unpaired) electrons. The fourth-order valence-corrected chi connectivity index (χ4v) is 13.3. The smallest absolute Gasteiger partial charge is 0.309 e. The Morgan fingerprint density at radius 3 is 2.16 bits per heavy atom. The zero-order valence-electron chi connectivity index (χ0n) is 32.1. The molecule has 0 aromatic rings. The number of ether oxygens (including phenoxy) is 1. The Labute approximate surface area is 295 Å². The summed E-state index contributed by atoms with van der Waals surface area (Å²) in [4.78, 5) is 53.2. The van der Waals surface area contributed by atoms with Crippen LogP contribution in [0.3, 0.4) is 0 Å². The maximum atomic E-state index is 14.5. The molecule has 6 rings (SSSR count). The highest BCUT2D eigenvalue weighted by Crippen LogP contribution is 2.76. The van der Waals surface area contributed by atoms with E-state index in [1.54, 1.807) is 13.8 Å². The summed E-state index contributed by atoms with van der Waals surface area (Å²) in [5.74, 6) is 0.131. The van der Waals surface area contributed by atoms with Crippen LogP contribution in [0.1, 0.15) is 159 Å². The summed E-state index contributed by atoms with van der Waals surface area (Å²) in [5.41, 5.74) is 0.206. The first-order valence-electron chi connectivity index (χ1n) is 19.8. The summed E-state index contributed by atoms with van der Waals surface area (Å²) < 4.78 is 6.15. The summed E-state index contributed by atoms with van der Waals surface area (Å²) in [6.07, 6.45) is 13.4. The molecule has 0 aliphatic heterocycles. The molecular formula is C42H65NO6. The zero-order valence-corrected chi connectivity index (χ0v) is 32.1. The van der Waals surface area contributed by atoms with Gasteiger partial charge in [0, 0.05) is 17.9 Å². The second kappa shape index (κ2) is 12.2. The predicted molar refractivity (Wildman–Crippen MR) is 190 cm³/mol. The summed E-state index contributed by atoms with van der Waals surface area (Å²) in [5, 5.41) is 13.1. The Bertz CT molecular complexity index is 1420. The van der Waals surface area contributed by atoms with Gasteiger partial charge in [0.05, 0.1) is 17.3 Å². The van der Waals surface area contributed by atoms with Crippen molar-refractivity contribution in [3.8, 4) is 0 Å². The van der Waals surface area contributed by atoms with Gasteiger partial charge in [0.1, 0.15) is 6.10 Å². The van der Waals surface area contributed by atoms with E-state index < -0.39 is 22.8 Å². The van der Waals surface area contributed by atoms with Gasteiger partial charge in [-0.25, -0.2) is 0 Å². The van der Waals surface area contributed by atoms with Crippen molar-refractivity contribution in [2.75, 3.05) is 0 Å². The molecule has 2 N–H and O–H groups in total. The third-order valence-corrected chi connectivity index (χ3v) is 16.2. The summed E-state index contributed by atoms with van der Waals surface area (Å²) in [6, 6.07) is 0.230. The van der Waals surface area contributed by atoms with Crippen LogP contribution in [0.5, 0.6) is 0 Å². The number of aliphatic carboxylic acids is 1. The van der Waals surface area contributed by atoms with Crippen molar-refractivity contribution in [1.29, 1.82) is 0 Å². The molecule has 6 aliphatic carbocycles. The van der Waals surface area contributed by atoms with E-state index in [1.165, 1.54) is 24.8 Å². The maximum Gasteiger partial charge on any atom is 0.309 e. The molecule has 0 aromatic carbocycles. The Morgan fingerprint density at radius 1 is 0.857 bits per heavy atom. The lowest BCUT2D eigenvalue weighted by atomic mass is 9.33. The van der Waals surface area contributed by atoms with Crippen LogP contribution in [0.2, 0.25) is 0 Å². The van der Waals surface area contributed by atoms with Crippen LogP contribution in [-0.2, 0) is 23.9 Å². The molecule has 6 aliphatic rings. The highest BCUT2D eigenvalue weighted by Gasteiger charge is 2.71. The fourth-order valence-electron chi connectivity index (χ4n) is 13.3. The van der Waals surface area contributed by atoms with Crippen molar-refractivity contribution >= 4 is 23.6 Å². The van der Waals surface area contributed by atoms with E-state index in [1.807, 2.05) is 0 Å². The van der Waals surface area contributed by atoms with E-state index in [0.717, 1.165) is 69.8 Å². The molecule has 0 heterocycles. The van der Waals surface area contributed by atoms with Crippen LogP contribution in [0, 0.1) is 56.2 Å². The Kier molecular flexibility index (Phi) is 9.12. The van der Waals surface area contributed by atoms with Crippen molar-refractivity contribution < 1.29 is 29.0 Å². The molecule has 1 amide bonds. The number of allylic oxidation sites excluding steroid dienone is 1. The molecular weight excluding hydrogens is 614 g/mol. The van der Waals surface area contributed by atoms with Crippen LogP contribution in [-0.4, -0.2) is 40.9 Å². The van der Waals surface area contributed by atoms with Gasteiger partial charge in [-0.2, -0.15) is 0 Å². The molecule has 274 valence electrons. The molecule has 0 aromatic heterocycles. The Balaban J connectivity index is 1.29. The van der Waals surface area contributed by atoms with Crippen molar-refractivity contribution in [2.45, 2.75) is 171 Å². The number of amides is 1. The summed E-state index contributed by atoms with van der Waals surface area (Å²) >= 11 is 0. The number of nitrogens with one attached hydrogen (secondary N) is 1. The largest absolute Gasteiger partial charge is 0.481 e. The number of rotatable bonds is 7. The summed E-state index contributed by atoms with van der Waals surface area (Å²) in [6.45, 7) is 19.6. The van der Waals surface area contributed by atoms with Crippen molar-refractivity contribution in [3.63, 3.8) is 0 Å². The van der Waals surface area contributed by atoms with Gasteiger partial charge in [-0.05, 0) is 129 Å². The Hall–Kier alpha value is -2.18. The molecule has 8 atom stereocenters. The molecule has 0 unspecified atom stereocenters. The van der Waals surface area contributed by atoms with E-state index in [-0.39, 0.29) is 63.8 Å². The number of fused-ring (bicyclic) bond motifs is 7. The number of esters is 1. The first-order valence-corrected chi connectivity index (χ1v) is 19.8. The van der Waals surface area contributed by atoms with Gasteiger partial charge in [-0.1, -0.05) is 67.7 Å². The molecule has 7 nitrogen and oxygen atoms in total. The molecule has 0 spiro atoms. The topological polar surface area (TPSA) is 110 Å². The number of carbonyl (C=O) groups excluding carboxylic acids is 3. The van der Waals surface area contributed by atoms with Gasteiger partial charge in [-0.15, -0.1) is 0 Å². The van der Waals surface area contributed by atoms with Gasteiger partial charge >= 0.3 is 11.9 Å². The number of hydrogen-bond acceptors (Lipinski definition) is 5. The van der Waals surface area contributed by atoms with E-state index in [0.29, 0.717) is 18.3 Å². The minimum absolute atomic E-state index is 0.0194. The molecule has 5 fully saturated rings. The van der Waals surface area contributed by atoms with Crippen molar-refractivity contribution in [1.82, 2.24) is 5.32 Å². The standard InChI is InChI=1S/C42H65NO6/c1-25(2)33-28(44)23-42(35(46)43-26-13-11-10-12-14-26)22-21-40(8)27(34(33)42)15-16-30-39(7)19-18-31(49-32(45)24-37(3,4)36(47)48)38(5,6)29(39)17-20-41(30,40)9/h25-27,29-31H,10-24H2,1-9H3,(H,43,46)(H,47,48)/t27-,29+,30-,31+,39+,40-,41-,42-/m1/s1. The molecule has 0 bridgehead atoms. The SMILES string of the molecule is CC(C)C1=C2[C@H]3CC[C@@H]4[C@@]5(C)CC[C@H](OC(=O)CC(C)(C)C(=O)O)C(C)(C)[C@@H]5CC[C@@]4(C)[C@]3(C)CC[C@@]2(C(=O)NC2CCCCC2)CC1=O. The van der Waals surface area contributed by atoms with Gasteiger partial charge in [-0.3, -0.25) is 19.2 Å². The molecule has 0 saturated heterocycles. The average molecular weight is 680 g/mol. The average Bonchev–Trinajstić information content (AvgIpc) is 3.32. The van der Waals surface area contributed by atoms with Crippen LogP contribution in [0.25, 0.3) is 0 Å². The second-order valence-corrected chi connectivity index (χ2v) is 19.8. The number of Topliss-reactive ketones (excluding diaryl/α,β-unsaturated/α-hetero) is 1. The number of carbonyl (C=O) groups is 4. The van der Waals surface area contributed by atoms with Crippen LogP contribution >= 0.6 is 0 Å². The van der Waals surface area contributed by atoms with Crippen LogP contribution in [0.15, 0.2) is 11.1 Å². The van der Waals surface area contributed by atoms with Crippen LogP contribution < -0.4 is 5.32 Å². The normalized spacial score (nSPS) is 40.6. The van der Waals surface area contributed by atoms with Crippen molar-refractivity contribution in [2.24, 2.45) is 56.2 Å². The van der Waals surface area contributed by atoms with Gasteiger partial charge in [0.2, 0.25) is 5.91 Å². The van der Waals surface area contributed by atoms with E-state index in [2.05, 4.69) is 53.8 Å². The van der Waals surface area contributed by atoms with Gasteiger partial charge in [0.25, 0.3) is 0 Å². The van der Waals surface area contributed by atoms with Crippen LogP contribution in [0.4, 0.5) is 0 Å². The quantitative estimate of drug-likeness (QED) is 0.260. The highest BCUT2D eigenvalue weighted by atomic mass is 16.5. The predicted octanol–water partition coefficient (Wildman–Crippen LogP) is 8.83. The highest BCUT2D eigenvalue weighted by molar-refractivity contribution is 6.07. The first kappa shape index (κ1) is 36.6. The minimum Gasteiger partial charge on any atom is -0.481 e. The number of carboxylic acids is 1. The van der Waals surface area contributed by atoms with E-state index in [4.69, 9.17) is 4.74 Å². The minimum atomic E-state index is -1.16. The first-order chi connectivity index (χ1) is 22.7. The van der Waals surface area contributed by atoms with E-state index >= 15 is 0 Å². The zero-order chi connectivity index (χ0) is 35.9. The maximum absolute atomic E-state index is 14.5. The third kappa shape index (κ3) is 5.47. The van der Waals surface area contributed by atoms with Gasteiger partial charge in [0.15, 0.2) is 5.78 Å². The number of hydrogen-bond donors (Lipinski definition) is 2. The summed E-state index contributed by atoms with van der Waals surface area (Å²) in [7, 11) is 0. The number of carboxylic acid groups (broad SMARTS) is 1. The van der Waals surface area contributed by atoms with Gasteiger partial charge < -0.3 is 15.2 Å². The molecule has 49 heavy (non-hydrogen) atoms. The van der Waals surface area contributed by atoms with Crippen molar-refractivity contribution in [3.05, 3.63) is 11.1 Å². The lowest BCUT2D eigenvalue weighted by molar-refractivity contribution is -0.233.